The lowest BCUT2D eigenvalue weighted by Gasteiger charge is -2.26. The number of Topliss-reactive ketones (excluding diaryl/α,β-unsaturated/α-hetero) is 1. The first kappa shape index (κ1) is 10.0. The van der Waals surface area contributed by atoms with Crippen LogP contribution in [0.1, 0.15) is 13.8 Å². The van der Waals surface area contributed by atoms with Gasteiger partial charge in [0.05, 0.1) is 0 Å². The molecule has 2 rings (SSSR count). The van der Waals surface area contributed by atoms with Crippen LogP contribution in [0.4, 0.5) is 0 Å². The van der Waals surface area contributed by atoms with Crippen molar-refractivity contribution in [2.45, 2.75) is 20.0 Å². The van der Waals surface area contributed by atoms with E-state index in [1.54, 1.807) is 0 Å². The minimum atomic E-state index is -0.458. The Morgan fingerprint density at radius 3 is 2.67 bits per heavy atom. The monoisotopic (exact) mass is 206 g/mol. The first-order valence-electron chi connectivity index (χ1n) is 5.10. The van der Waals surface area contributed by atoms with Crippen LogP contribution in [0, 0.1) is 5.92 Å². The average Bonchev–Trinajstić information content (AvgIpc) is 2.27. The standard InChI is InChI=1S/C12H14O3/c1-8(2)12(13)11-7-14-9-5-3-4-6-10(9)15-11/h3-6,8,11H,7H2,1-2H3. The second-order valence-electron chi connectivity index (χ2n) is 3.92. The normalized spacial score (nSPS) is 19.0. The highest BCUT2D eigenvalue weighted by molar-refractivity contribution is 5.85. The molecule has 0 fully saturated rings. The van der Waals surface area contributed by atoms with E-state index in [9.17, 15) is 4.79 Å². The molecular weight excluding hydrogens is 192 g/mol. The van der Waals surface area contributed by atoms with Gasteiger partial charge in [-0.25, -0.2) is 0 Å². The molecule has 3 nitrogen and oxygen atoms in total. The molecule has 0 spiro atoms. The summed E-state index contributed by atoms with van der Waals surface area (Å²) >= 11 is 0. The van der Waals surface area contributed by atoms with Crippen molar-refractivity contribution in [2.24, 2.45) is 5.92 Å². The molecule has 0 saturated heterocycles. The highest BCUT2D eigenvalue weighted by Crippen LogP contribution is 2.31. The number of fused-ring (bicyclic) bond motifs is 1. The Balaban J connectivity index is 2.15. The number of hydrogen-bond donors (Lipinski definition) is 0. The van der Waals surface area contributed by atoms with Gasteiger partial charge in [0.1, 0.15) is 6.61 Å². The Kier molecular flexibility index (Phi) is 2.62. The van der Waals surface area contributed by atoms with Gasteiger partial charge >= 0.3 is 0 Å². The molecule has 1 atom stereocenters. The number of carbonyl (C=O) groups is 1. The van der Waals surface area contributed by atoms with E-state index in [-0.39, 0.29) is 11.7 Å². The molecule has 0 N–H and O–H groups in total. The van der Waals surface area contributed by atoms with Crippen LogP contribution in [-0.4, -0.2) is 18.5 Å². The summed E-state index contributed by atoms with van der Waals surface area (Å²) < 4.78 is 11.0. The number of carbonyl (C=O) groups excluding carboxylic acids is 1. The van der Waals surface area contributed by atoms with Crippen LogP contribution in [0.25, 0.3) is 0 Å². The second kappa shape index (κ2) is 3.93. The van der Waals surface area contributed by atoms with E-state index in [0.717, 1.165) is 0 Å². The summed E-state index contributed by atoms with van der Waals surface area (Å²) in [6, 6.07) is 7.40. The molecule has 0 aromatic heterocycles. The highest BCUT2D eigenvalue weighted by Gasteiger charge is 2.28. The number of ketones is 1. The maximum absolute atomic E-state index is 11.7. The summed E-state index contributed by atoms with van der Waals surface area (Å²) in [5, 5.41) is 0. The van der Waals surface area contributed by atoms with Gasteiger partial charge in [-0.1, -0.05) is 26.0 Å². The summed E-state index contributed by atoms with van der Waals surface area (Å²) in [5.74, 6) is 1.43. The summed E-state index contributed by atoms with van der Waals surface area (Å²) in [6.07, 6.45) is -0.458. The largest absolute Gasteiger partial charge is 0.485 e. The minimum absolute atomic E-state index is 0.0242. The molecule has 0 saturated carbocycles. The molecule has 1 unspecified atom stereocenters. The molecule has 3 heteroatoms. The lowest BCUT2D eigenvalue weighted by molar-refractivity contribution is -0.131. The third-order valence-electron chi connectivity index (χ3n) is 2.39. The van der Waals surface area contributed by atoms with Gasteiger partial charge < -0.3 is 9.47 Å². The first-order chi connectivity index (χ1) is 7.18. The molecule has 1 heterocycles. The second-order valence-corrected chi connectivity index (χ2v) is 3.92. The van der Waals surface area contributed by atoms with Crippen LogP contribution in [0.3, 0.4) is 0 Å². The number of benzene rings is 1. The third kappa shape index (κ3) is 1.96. The Morgan fingerprint density at radius 1 is 1.33 bits per heavy atom. The van der Waals surface area contributed by atoms with E-state index < -0.39 is 6.10 Å². The van der Waals surface area contributed by atoms with Gasteiger partial charge in [0, 0.05) is 5.92 Å². The smallest absolute Gasteiger partial charge is 0.191 e. The van der Waals surface area contributed by atoms with Gasteiger partial charge in [-0.05, 0) is 12.1 Å². The predicted octanol–water partition coefficient (Wildman–Crippen LogP) is 2.05. The highest BCUT2D eigenvalue weighted by atomic mass is 16.6. The molecule has 80 valence electrons. The first-order valence-corrected chi connectivity index (χ1v) is 5.10. The zero-order chi connectivity index (χ0) is 10.8. The SMILES string of the molecule is CC(C)C(=O)C1COc2ccccc2O1. The van der Waals surface area contributed by atoms with E-state index in [4.69, 9.17) is 9.47 Å². The fourth-order valence-electron chi connectivity index (χ4n) is 1.53. The quantitative estimate of drug-likeness (QED) is 0.743. The lowest BCUT2D eigenvalue weighted by Crippen LogP contribution is -2.38. The van der Waals surface area contributed by atoms with Crippen molar-refractivity contribution in [3.05, 3.63) is 24.3 Å². The minimum Gasteiger partial charge on any atom is -0.485 e. The lowest BCUT2D eigenvalue weighted by atomic mass is 10.0. The van der Waals surface area contributed by atoms with E-state index in [2.05, 4.69) is 0 Å². The predicted molar refractivity (Wildman–Crippen MR) is 56.2 cm³/mol. The number of rotatable bonds is 2. The molecule has 0 aliphatic carbocycles. The molecular formula is C12H14O3. The van der Waals surface area contributed by atoms with Crippen molar-refractivity contribution >= 4 is 5.78 Å². The molecule has 0 amide bonds. The summed E-state index contributed by atoms with van der Waals surface area (Å²) in [5.41, 5.74) is 0. The summed E-state index contributed by atoms with van der Waals surface area (Å²) in [7, 11) is 0. The van der Waals surface area contributed by atoms with Crippen molar-refractivity contribution in [2.75, 3.05) is 6.61 Å². The zero-order valence-corrected chi connectivity index (χ0v) is 8.90. The zero-order valence-electron chi connectivity index (χ0n) is 8.90. The fourth-order valence-corrected chi connectivity index (χ4v) is 1.53. The van der Waals surface area contributed by atoms with Gasteiger partial charge in [0.25, 0.3) is 0 Å². The fraction of sp³-hybridized carbons (Fsp3) is 0.417. The van der Waals surface area contributed by atoms with Crippen molar-refractivity contribution in [3.8, 4) is 11.5 Å². The third-order valence-corrected chi connectivity index (χ3v) is 2.39. The van der Waals surface area contributed by atoms with E-state index in [0.29, 0.717) is 18.1 Å². The van der Waals surface area contributed by atoms with Gasteiger partial charge in [-0.2, -0.15) is 0 Å². The average molecular weight is 206 g/mol. The maximum atomic E-state index is 11.7. The molecule has 1 aromatic rings. The molecule has 1 aliphatic heterocycles. The van der Waals surface area contributed by atoms with Crippen LogP contribution >= 0.6 is 0 Å². The van der Waals surface area contributed by atoms with Gasteiger partial charge in [0.2, 0.25) is 0 Å². The van der Waals surface area contributed by atoms with Crippen LogP contribution in [0.2, 0.25) is 0 Å². The molecule has 0 radical (unpaired) electrons. The van der Waals surface area contributed by atoms with Gasteiger partial charge in [0.15, 0.2) is 23.4 Å². The number of para-hydroxylation sites is 2. The maximum Gasteiger partial charge on any atom is 0.191 e. The Bertz CT molecular complexity index is 371. The van der Waals surface area contributed by atoms with E-state index >= 15 is 0 Å². The molecule has 1 aliphatic rings. The Morgan fingerprint density at radius 2 is 2.00 bits per heavy atom. The van der Waals surface area contributed by atoms with Crippen molar-refractivity contribution in [1.82, 2.24) is 0 Å². The van der Waals surface area contributed by atoms with Crippen molar-refractivity contribution in [1.29, 1.82) is 0 Å². The molecule has 1 aromatic carbocycles. The molecule has 0 bridgehead atoms. The van der Waals surface area contributed by atoms with E-state index in [1.807, 2.05) is 38.1 Å². The van der Waals surface area contributed by atoms with E-state index in [1.165, 1.54) is 0 Å². The van der Waals surface area contributed by atoms with Crippen LogP contribution in [0.15, 0.2) is 24.3 Å². The summed E-state index contributed by atoms with van der Waals surface area (Å²) in [6.45, 7) is 4.05. The topological polar surface area (TPSA) is 35.5 Å². The molecule has 15 heavy (non-hydrogen) atoms. The Hall–Kier alpha value is -1.51. The van der Waals surface area contributed by atoms with Gasteiger partial charge in [-0.3, -0.25) is 4.79 Å². The number of hydrogen-bond acceptors (Lipinski definition) is 3. The number of ether oxygens (including phenoxy) is 2. The van der Waals surface area contributed by atoms with Gasteiger partial charge in [-0.15, -0.1) is 0 Å². The Labute approximate surface area is 89.0 Å². The van der Waals surface area contributed by atoms with Crippen LogP contribution < -0.4 is 9.47 Å². The summed E-state index contributed by atoms with van der Waals surface area (Å²) in [4.78, 5) is 11.7. The van der Waals surface area contributed by atoms with Crippen molar-refractivity contribution in [3.63, 3.8) is 0 Å². The van der Waals surface area contributed by atoms with Crippen LogP contribution in [0.5, 0.6) is 11.5 Å². The van der Waals surface area contributed by atoms with Crippen molar-refractivity contribution < 1.29 is 14.3 Å². The van der Waals surface area contributed by atoms with Crippen LogP contribution in [-0.2, 0) is 4.79 Å².